The minimum absolute atomic E-state index is 0.0657. The van der Waals surface area contributed by atoms with Crippen LogP contribution in [0.15, 0.2) is 4.99 Å². The summed E-state index contributed by atoms with van der Waals surface area (Å²) in [6, 6.07) is 0. The Labute approximate surface area is 145 Å². The Morgan fingerprint density at radius 1 is 1.43 bits per heavy atom. The van der Waals surface area contributed by atoms with Crippen LogP contribution in [0.2, 0.25) is 0 Å². The fraction of sp³-hybridized carbons (Fsp3) is 0.933. The van der Waals surface area contributed by atoms with Crippen molar-refractivity contribution in [3.63, 3.8) is 0 Å². The van der Waals surface area contributed by atoms with Gasteiger partial charge in [-0.2, -0.15) is 11.8 Å². The second-order valence-corrected chi connectivity index (χ2v) is 9.68. The smallest absolute Gasteiger partial charge is 0.194 e. The largest absolute Gasteiger partial charge is 0.378 e. The Kier molecular flexibility index (Phi) is 9.31. The summed E-state index contributed by atoms with van der Waals surface area (Å²) in [6.45, 7) is 10.7. The molecule has 1 rings (SSSR count). The minimum Gasteiger partial charge on any atom is -0.378 e. The molecule has 0 amide bonds. The zero-order valence-electron chi connectivity index (χ0n) is 14.7. The molecule has 0 aromatic carbocycles. The van der Waals surface area contributed by atoms with Crippen LogP contribution in [0.25, 0.3) is 0 Å². The van der Waals surface area contributed by atoms with Crippen molar-refractivity contribution in [1.82, 2.24) is 10.2 Å². The number of thioether (sulfide) groups is 1. The van der Waals surface area contributed by atoms with Gasteiger partial charge in [0.15, 0.2) is 5.96 Å². The molecule has 8 heteroatoms. The van der Waals surface area contributed by atoms with Crippen LogP contribution in [0.3, 0.4) is 0 Å². The van der Waals surface area contributed by atoms with Gasteiger partial charge in [0.25, 0.3) is 0 Å². The van der Waals surface area contributed by atoms with E-state index in [0.717, 1.165) is 31.3 Å². The van der Waals surface area contributed by atoms with Crippen molar-refractivity contribution in [3.8, 4) is 0 Å². The molecule has 0 spiro atoms. The van der Waals surface area contributed by atoms with E-state index in [2.05, 4.69) is 36.0 Å². The second-order valence-electron chi connectivity index (χ2n) is 6.08. The van der Waals surface area contributed by atoms with Crippen LogP contribution in [-0.2, 0) is 14.6 Å². The quantitative estimate of drug-likeness (QED) is 0.394. The third-order valence-electron chi connectivity index (χ3n) is 3.57. The van der Waals surface area contributed by atoms with Crippen molar-refractivity contribution in [2.75, 3.05) is 57.2 Å². The molecular weight excluding hydrogens is 334 g/mol. The Morgan fingerprint density at radius 2 is 2.17 bits per heavy atom. The van der Waals surface area contributed by atoms with Gasteiger partial charge in [-0.25, -0.2) is 8.42 Å². The third kappa shape index (κ3) is 8.81. The van der Waals surface area contributed by atoms with Crippen LogP contribution in [-0.4, -0.2) is 81.7 Å². The first-order valence-corrected chi connectivity index (χ1v) is 11.3. The van der Waals surface area contributed by atoms with Gasteiger partial charge in [0.05, 0.1) is 25.5 Å². The molecule has 1 aliphatic rings. The van der Waals surface area contributed by atoms with Crippen molar-refractivity contribution < 1.29 is 13.2 Å². The Balaban J connectivity index is 2.43. The Morgan fingerprint density at radius 3 is 2.78 bits per heavy atom. The summed E-state index contributed by atoms with van der Waals surface area (Å²) in [4.78, 5) is 6.93. The zero-order valence-corrected chi connectivity index (χ0v) is 16.4. The van der Waals surface area contributed by atoms with E-state index in [1.54, 1.807) is 0 Å². The molecule has 1 fully saturated rings. The molecule has 0 aromatic rings. The van der Waals surface area contributed by atoms with Crippen LogP contribution in [0.4, 0.5) is 0 Å². The van der Waals surface area contributed by atoms with E-state index in [-0.39, 0.29) is 12.4 Å². The fourth-order valence-corrected chi connectivity index (χ4v) is 3.94. The maximum absolute atomic E-state index is 11.0. The molecule has 0 aliphatic carbocycles. The highest BCUT2D eigenvalue weighted by molar-refractivity contribution is 8.00. The summed E-state index contributed by atoms with van der Waals surface area (Å²) >= 11 is 2.04. The highest BCUT2D eigenvalue weighted by Crippen LogP contribution is 2.24. The number of nitrogens with zero attached hydrogens (tertiary/aromatic N) is 2. The lowest BCUT2D eigenvalue weighted by atomic mass is 10.1. The summed E-state index contributed by atoms with van der Waals surface area (Å²) in [5.74, 6) is 2.78. The molecule has 0 aromatic heterocycles. The highest BCUT2D eigenvalue weighted by atomic mass is 32.2. The molecule has 0 saturated carbocycles. The van der Waals surface area contributed by atoms with Crippen LogP contribution in [0.5, 0.6) is 0 Å². The molecule has 1 atom stereocenters. The van der Waals surface area contributed by atoms with Crippen molar-refractivity contribution in [2.24, 2.45) is 10.9 Å². The number of guanidine groups is 1. The lowest BCUT2D eigenvalue weighted by molar-refractivity contribution is 0.157. The standard InChI is InChI=1S/C15H31N3O3S2/c1-5-16-15(17-6-8-21-9-11-23(4,19)20)18-7-10-22-14(12-18)13(2)3/h13-14H,5-12H2,1-4H3,(H,16,17). The molecule has 1 unspecified atom stereocenters. The molecule has 1 saturated heterocycles. The average Bonchev–Trinajstić information content (AvgIpc) is 2.48. The topological polar surface area (TPSA) is 71.0 Å². The first kappa shape index (κ1) is 20.6. The van der Waals surface area contributed by atoms with E-state index >= 15 is 0 Å². The van der Waals surface area contributed by atoms with Gasteiger partial charge in [0, 0.05) is 36.9 Å². The molecule has 1 aliphatic heterocycles. The van der Waals surface area contributed by atoms with E-state index in [1.165, 1.54) is 6.26 Å². The molecule has 0 bridgehead atoms. The number of rotatable bonds is 8. The van der Waals surface area contributed by atoms with E-state index in [0.29, 0.717) is 24.3 Å². The number of hydrogen-bond acceptors (Lipinski definition) is 5. The molecule has 1 heterocycles. The van der Waals surface area contributed by atoms with E-state index < -0.39 is 9.84 Å². The Hall–Kier alpha value is -0.470. The maximum Gasteiger partial charge on any atom is 0.194 e. The fourth-order valence-electron chi connectivity index (χ4n) is 2.23. The summed E-state index contributed by atoms with van der Waals surface area (Å²) in [7, 11) is -2.95. The first-order chi connectivity index (χ1) is 10.8. The van der Waals surface area contributed by atoms with Gasteiger partial charge in [-0.05, 0) is 12.8 Å². The van der Waals surface area contributed by atoms with Gasteiger partial charge in [0.2, 0.25) is 0 Å². The second kappa shape index (κ2) is 10.4. The SMILES string of the molecule is CCNC(=NCCOCCS(C)(=O)=O)N1CCSC(C(C)C)C1. The van der Waals surface area contributed by atoms with Crippen molar-refractivity contribution in [1.29, 1.82) is 0 Å². The van der Waals surface area contributed by atoms with Crippen LogP contribution < -0.4 is 5.32 Å². The Bertz CT molecular complexity index is 467. The predicted octanol–water partition coefficient (Wildman–Crippen LogP) is 1.09. The van der Waals surface area contributed by atoms with Gasteiger partial charge in [-0.15, -0.1) is 0 Å². The third-order valence-corrected chi connectivity index (χ3v) is 6.02. The van der Waals surface area contributed by atoms with Crippen LogP contribution in [0, 0.1) is 5.92 Å². The first-order valence-electron chi connectivity index (χ1n) is 8.23. The summed E-state index contributed by atoms with van der Waals surface area (Å²) in [6.07, 6.45) is 1.22. The van der Waals surface area contributed by atoms with Crippen molar-refractivity contribution >= 4 is 27.6 Å². The molecule has 0 radical (unpaired) electrons. The number of aliphatic imine (C=N–C) groups is 1. The number of hydrogen-bond donors (Lipinski definition) is 1. The van der Waals surface area contributed by atoms with E-state index in [1.807, 2.05) is 11.8 Å². The van der Waals surface area contributed by atoms with Gasteiger partial charge in [-0.3, -0.25) is 4.99 Å². The zero-order chi connectivity index (χ0) is 17.3. The van der Waals surface area contributed by atoms with E-state index in [4.69, 9.17) is 4.74 Å². The summed E-state index contributed by atoms with van der Waals surface area (Å²) < 4.78 is 27.4. The van der Waals surface area contributed by atoms with E-state index in [9.17, 15) is 8.42 Å². The van der Waals surface area contributed by atoms with Gasteiger partial charge in [-0.1, -0.05) is 13.8 Å². The molecule has 136 valence electrons. The minimum atomic E-state index is -2.95. The van der Waals surface area contributed by atoms with Crippen LogP contribution in [0.1, 0.15) is 20.8 Å². The summed E-state index contributed by atoms with van der Waals surface area (Å²) in [5.41, 5.74) is 0. The van der Waals surface area contributed by atoms with Gasteiger partial charge in [0.1, 0.15) is 9.84 Å². The normalized spacial score (nSPS) is 20.1. The highest BCUT2D eigenvalue weighted by Gasteiger charge is 2.24. The van der Waals surface area contributed by atoms with Crippen molar-refractivity contribution in [2.45, 2.75) is 26.0 Å². The molecule has 23 heavy (non-hydrogen) atoms. The number of ether oxygens (including phenoxy) is 1. The predicted molar refractivity (Wildman–Crippen MR) is 99.2 cm³/mol. The van der Waals surface area contributed by atoms with Gasteiger partial charge < -0.3 is 15.0 Å². The molecule has 1 N–H and O–H groups in total. The molecule has 6 nitrogen and oxygen atoms in total. The molecular formula is C15H31N3O3S2. The number of nitrogens with one attached hydrogen (secondary N) is 1. The van der Waals surface area contributed by atoms with Crippen LogP contribution >= 0.6 is 11.8 Å². The summed E-state index contributed by atoms with van der Waals surface area (Å²) in [5, 5.41) is 3.98. The van der Waals surface area contributed by atoms with Crippen molar-refractivity contribution in [3.05, 3.63) is 0 Å². The monoisotopic (exact) mass is 365 g/mol. The van der Waals surface area contributed by atoms with Gasteiger partial charge >= 0.3 is 0 Å². The maximum atomic E-state index is 11.0. The number of sulfone groups is 1. The average molecular weight is 366 g/mol. The lowest BCUT2D eigenvalue weighted by Crippen LogP contribution is -2.49. The lowest BCUT2D eigenvalue weighted by Gasteiger charge is -2.36.